The highest BCUT2D eigenvalue weighted by Gasteiger charge is 2.10. The van der Waals surface area contributed by atoms with Crippen LogP contribution in [-0.2, 0) is 0 Å². The summed E-state index contributed by atoms with van der Waals surface area (Å²) in [7, 11) is 0. The van der Waals surface area contributed by atoms with Crippen molar-refractivity contribution >= 4 is 0 Å². The van der Waals surface area contributed by atoms with Crippen LogP contribution in [0.4, 0.5) is 0 Å². The van der Waals surface area contributed by atoms with Crippen LogP contribution in [0.3, 0.4) is 0 Å². The van der Waals surface area contributed by atoms with E-state index < -0.39 is 0 Å². The van der Waals surface area contributed by atoms with Crippen molar-refractivity contribution in [1.29, 1.82) is 10.5 Å². The molecule has 0 saturated heterocycles. The molecule has 0 fully saturated rings. The maximum atomic E-state index is 8.70. The quantitative estimate of drug-likeness (QED) is 0.726. The minimum Gasteiger partial charge on any atom is -0.261 e. The van der Waals surface area contributed by atoms with Gasteiger partial charge in [-0.1, -0.05) is 6.92 Å². The van der Waals surface area contributed by atoms with E-state index in [1.165, 1.54) is 0 Å². The fourth-order valence-electron chi connectivity index (χ4n) is 1.31. The molecule has 1 rings (SSSR count). The lowest BCUT2D eigenvalue weighted by Gasteiger charge is -2.09. The molecule has 0 bridgehead atoms. The molecule has 0 aliphatic rings. The molecule has 1 aromatic heterocycles. The summed E-state index contributed by atoms with van der Waals surface area (Å²) in [4.78, 5) is 4.17. The van der Waals surface area contributed by atoms with Gasteiger partial charge in [-0.15, -0.1) is 0 Å². The summed E-state index contributed by atoms with van der Waals surface area (Å²) in [5, 5.41) is 17.3. The molecule has 0 aromatic carbocycles. The summed E-state index contributed by atoms with van der Waals surface area (Å²) in [5.41, 5.74) is 1.44. The Kier molecular flexibility index (Phi) is 3.64. The molecule has 0 aliphatic heterocycles. The first-order chi connectivity index (χ1) is 6.81. The monoisotopic (exact) mass is 185 g/mol. The first kappa shape index (κ1) is 10.2. The number of hydrogen-bond donors (Lipinski definition) is 0. The van der Waals surface area contributed by atoms with E-state index in [-0.39, 0.29) is 5.92 Å². The van der Waals surface area contributed by atoms with E-state index in [1.54, 1.807) is 18.3 Å². The van der Waals surface area contributed by atoms with Gasteiger partial charge in [-0.25, -0.2) is 0 Å². The second kappa shape index (κ2) is 4.99. The molecule has 0 saturated carbocycles. The van der Waals surface area contributed by atoms with Gasteiger partial charge in [0.05, 0.1) is 17.7 Å². The van der Waals surface area contributed by atoms with Gasteiger partial charge in [-0.2, -0.15) is 10.5 Å². The van der Waals surface area contributed by atoms with Crippen LogP contribution < -0.4 is 0 Å². The van der Waals surface area contributed by atoms with Crippen molar-refractivity contribution in [3.63, 3.8) is 0 Å². The van der Waals surface area contributed by atoms with Crippen molar-refractivity contribution in [3.8, 4) is 12.1 Å². The van der Waals surface area contributed by atoms with Crippen LogP contribution >= 0.6 is 0 Å². The number of nitrogens with zero attached hydrogens (tertiary/aromatic N) is 3. The van der Waals surface area contributed by atoms with Crippen molar-refractivity contribution in [1.82, 2.24) is 4.98 Å². The first-order valence-electron chi connectivity index (χ1n) is 4.54. The van der Waals surface area contributed by atoms with E-state index in [4.69, 9.17) is 10.5 Å². The van der Waals surface area contributed by atoms with Gasteiger partial charge in [0.15, 0.2) is 0 Å². The van der Waals surface area contributed by atoms with Crippen molar-refractivity contribution in [2.24, 2.45) is 0 Å². The highest BCUT2D eigenvalue weighted by molar-refractivity contribution is 5.30. The topological polar surface area (TPSA) is 60.5 Å². The second-order valence-corrected chi connectivity index (χ2v) is 3.05. The van der Waals surface area contributed by atoms with Gasteiger partial charge in [0.1, 0.15) is 0 Å². The normalized spacial score (nSPS) is 11.4. The Morgan fingerprint density at radius 2 is 2.29 bits per heavy atom. The van der Waals surface area contributed by atoms with Crippen molar-refractivity contribution in [2.45, 2.75) is 25.7 Å². The Morgan fingerprint density at radius 3 is 2.86 bits per heavy atom. The highest BCUT2D eigenvalue weighted by Crippen LogP contribution is 2.20. The highest BCUT2D eigenvalue weighted by atomic mass is 14.7. The summed E-state index contributed by atoms with van der Waals surface area (Å²) in [6.07, 6.45) is 2.95. The van der Waals surface area contributed by atoms with Gasteiger partial charge < -0.3 is 0 Å². The van der Waals surface area contributed by atoms with Crippen molar-refractivity contribution < 1.29 is 0 Å². The van der Waals surface area contributed by atoms with Gasteiger partial charge in [-0.3, -0.25) is 4.98 Å². The van der Waals surface area contributed by atoms with E-state index in [0.717, 1.165) is 12.1 Å². The predicted molar refractivity (Wildman–Crippen MR) is 52.2 cm³/mol. The van der Waals surface area contributed by atoms with Crippen LogP contribution in [0.2, 0.25) is 0 Å². The molecular formula is C11H11N3. The molecule has 0 spiro atoms. The smallest absolute Gasteiger partial charge is 0.0992 e. The number of rotatable bonds is 3. The van der Waals surface area contributed by atoms with Crippen molar-refractivity contribution in [3.05, 3.63) is 29.6 Å². The molecular weight excluding hydrogens is 174 g/mol. The molecule has 0 radical (unpaired) electrons. The maximum Gasteiger partial charge on any atom is 0.0992 e. The van der Waals surface area contributed by atoms with Crippen molar-refractivity contribution in [2.75, 3.05) is 0 Å². The number of pyridine rings is 1. The van der Waals surface area contributed by atoms with Gasteiger partial charge in [0, 0.05) is 24.2 Å². The van der Waals surface area contributed by atoms with Crippen LogP contribution in [-0.4, -0.2) is 4.98 Å². The third-order valence-electron chi connectivity index (χ3n) is 2.16. The molecule has 1 unspecified atom stereocenters. The molecule has 0 aliphatic carbocycles. The zero-order valence-corrected chi connectivity index (χ0v) is 8.07. The van der Waals surface area contributed by atoms with E-state index in [2.05, 4.69) is 17.1 Å². The molecule has 3 heteroatoms. The Bertz CT molecular complexity index is 384. The summed E-state index contributed by atoms with van der Waals surface area (Å²) in [5.74, 6) is 0.147. The fraction of sp³-hybridized carbons (Fsp3) is 0.364. The Hall–Kier alpha value is -1.87. The van der Waals surface area contributed by atoms with E-state index in [9.17, 15) is 0 Å². The number of nitriles is 2. The zero-order valence-electron chi connectivity index (χ0n) is 8.07. The lowest BCUT2D eigenvalue weighted by molar-refractivity contribution is 0.659. The molecule has 0 N–H and O–H groups in total. The SMILES string of the molecule is CCC(CC#N)c1cc(C#N)ccn1. The third-order valence-corrected chi connectivity index (χ3v) is 2.16. The van der Waals surface area contributed by atoms with Gasteiger partial charge in [0.25, 0.3) is 0 Å². The molecule has 1 heterocycles. The standard InChI is InChI=1S/C11H11N3/c1-2-10(3-5-12)11-7-9(8-13)4-6-14-11/h4,6-7,10H,2-3H2,1H3. The third kappa shape index (κ3) is 2.31. The minimum absolute atomic E-state index is 0.147. The molecule has 1 aromatic rings. The zero-order chi connectivity index (χ0) is 10.4. The lowest BCUT2D eigenvalue weighted by Crippen LogP contribution is -1.99. The molecule has 3 nitrogen and oxygen atoms in total. The van der Waals surface area contributed by atoms with E-state index in [0.29, 0.717) is 12.0 Å². The van der Waals surface area contributed by atoms with Gasteiger partial charge in [-0.05, 0) is 18.6 Å². The summed E-state index contributed by atoms with van der Waals surface area (Å²) >= 11 is 0. The summed E-state index contributed by atoms with van der Waals surface area (Å²) in [6, 6.07) is 7.62. The maximum absolute atomic E-state index is 8.70. The first-order valence-corrected chi connectivity index (χ1v) is 4.54. The van der Waals surface area contributed by atoms with Gasteiger partial charge in [0.2, 0.25) is 0 Å². The van der Waals surface area contributed by atoms with Crippen LogP contribution in [0.1, 0.15) is 36.9 Å². The van der Waals surface area contributed by atoms with Crippen LogP contribution in [0.15, 0.2) is 18.3 Å². The largest absolute Gasteiger partial charge is 0.261 e. The second-order valence-electron chi connectivity index (χ2n) is 3.05. The average Bonchev–Trinajstić information content (AvgIpc) is 2.26. The van der Waals surface area contributed by atoms with E-state index >= 15 is 0 Å². The molecule has 1 atom stereocenters. The van der Waals surface area contributed by atoms with Gasteiger partial charge >= 0.3 is 0 Å². The minimum atomic E-state index is 0.147. The molecule has 70 valence electrons. The number of hydrogen-bond acceptors (Lipinski definition) is 3. The average molecular weight is 185 g/mol. The Balaban J connectivity index is 2.94. The fourth-order valence-corrected chi connectivity index (χ4v) is 1.31. The Labute approximate surface area is 83.6 Å². The molecule has 14 heavy (non-hydrogen) atoms. The van der Waals surface area contributed by atoms with Crippen LogP contribution in [0.25, 0.3) is 0 Å². The Morgan fingerprint density at radius 1 is 1.50 bits per heavy atom. The van der Waals surface area contributed by atoms with Crippen LogP contribution in [0.5, 0.6) is 0 Å². The van der Waals surface area contributed by atoms with Crippen LogP contribution in [0, 0.1) is 22.7 Å². The predicted octanol–water partition coefficient (Wildman–Crippen LogP) is 2.36. The summed E-state index contributed by atoms with van der Waals surface area (Å²) in [6.45, 7) is 2.02. The molecule has 0 amide bonds. The lowest BCUT2D eigenvalue weighted by atomic mass is 9.98. The van der Waals surface area contributed by atoms with E-state index in [1.807, 2.05) is 6.92 Å². The number of aromatic nitrogens is 1. The summed E-state index contributed by atoms with van der Waals surface area (Å²) < 4.78 is 0.